The van der Waals surface area contributed by atoms with Crippen LogP contribution in [0.3, 0.4) is 0 Å². The van der Waals surface area contributed by atoms with Gasteiger partial charge in [0.1, 0.15) is 6.04 Å². The summed E-state index contributed by atoms with van der Waals surface area (Å²) in [7, 11) is 0. The molecule has 0 aromatic heterocycles. The van der Waals surface area contributed by atoms with Crippen LogP contribution < -0.4 is 5.32 Å². The standard InChI is InChI=1S/C18H18N2/c19-12-18(20-13-14-5-2-1-3-6-14)17-8-4-7-16(11-17)15-9-10-15/h1-8,11,15,18,20H,9-10,13H2. The predicted molar refractivity (Wildman–Crippen MR) is 80.1 cm³/mol. The zero-order valence-electron chi connectivity index (χ0n) is 11.4. The molecule has 0 amide bonds. The molecular weight excluding hydrogens is 244 g/mol. The fourth-order valence-corrected chi connectivity index (χ4v) is 2.46. The van der Waals surface area contributed by atoms with E-state index < -0.39 is 0 Å². The van der Waals surface area contributed by atoms with E-state index in [1.165, 1.54) is 24.0 Å². The van der Waals surface area contributed by atoms with E-state index in [4.69, 9.17) is 0 Å². The molecule has 1 unspecified atom stereocenters. The monoisotopic (exact) mass is 262 g/mol. The zero-order valence-corrected chi connectivity index (χ0v) is 11.4. The van der Waals surface area contributed by atoms with Crippen LogP contribution in [0.4, 0.5) is 0 Å². The normalized spacial score (nSPS) is 15.6. The van der Waals surface area contributed by atoms with Crippen molar-refractivity contribution in [2.45, 2.75) is 31.3 Å². The summed E-state index contributed by atoms with van der Waals surface area (Å²) in [5.74, 6) is 0.725. The smallest absolute Gasteiger partial charge is 0.121 e. The Kier molecular flexibility index (Phi) is 3.80. The summed E-state index contributed by atoms with van der Waals surface area (Å²) < 4.78 is 0. The quantitative estimate of drug-likeness (QED) is 0.886. The van der Waals surface area contributed by atoms with Crippen molar-refractivity contribution in [2.75, 3.05) is 0 Å². The Bertz CT molecular complexity index is 609. The minimum Gasteiger partial charge on any atom is -0.294 e. The molecule has 0 radical (unpaired) electrons. The average Bonchev–Trinajstić information content (AvgIpc) is 3.34. The largest absolute Gasteiger partial charge is 0.294 e. The van der Waals surface area contributed by atoms with Crippen molar-refractivity contribution in [1.82, 2.24) is 5.32 Å². The number of rotatable bonds is 5. The van der Waals surface area contributed by atoms with Crippen LogP contribution in [-0.2, 0) is 6.54 Å². The fourth-order valence-electron chi connectivity index (χ4n) is 2.46. The van der Waals surface area contributed by atoms with Gasteiger partial charge >= 0.3 is 0 Å². The van der Waals surface area contributed by atoms with Gasteiger partial charge in [-0.25, -0.2) is 0 Å². The number of nitrogens with one attached hydrogen (secondary N) is 1. The zero-order chi connectivity index (χ0) is 13.8. The number of nitriles is 1. The molecule has 2 heteroatoms. The van der Waals surface area contributed by atoms with Gasteiger partial charge < -0.3 is 0 Å². The molecule has 1 saturated carbocycles. The van der Waals surface area contributed by atoms with Gasteiger partial charge in [0, 0.05) is 6.54 Å². The molecule has 0 heterocycles. The van der Waals surface area contributed by atoms with Crippen LogP contribution in [0.15, 0.2) is 54.6 Å². The van der Waals surface area contributed by atoms with E-state index in [0.29, 0.717) is 6.54 Å². The molecule has 3 rings (SSSR count). The van der Waals surface area contributed by atoms with E-state index in [1.54, 1.807) is 0 Å². The van der Waals surface area contributed by atoms with Crippen LogP contribution in [-0.4, -0.2) is 0 Å². The number of hydrogen-bond donors (Lipinski definition) is 1. The molecular formula is C18H18N2. The SMILES string of the molecule is N#CC(NCc1ccccc1)c1cccc(C2CC2)c1. The van der Waals surface area contributed by atoms with Gasteiger partial charge in [-0.15, -0.1) is 0 Å². The van der Waals surface area contributed by atoms with Crippen molar-refractivity contribution in [3.8, 4) is 6.07 Å². The fraction of sp³-hybridized carbons (Fsp3) is 0.278. The third kappa shape index (κ3) is 3.07. The van der Waals surface area contributed by atoms with Crippen LogP contribution in [0, 0.1) is 11.3 Å². The van der Waals surface area contributed by atoms with E-state index >= 15 is 0 Å². The van der Waals surface area contributed by atoms with Gasteiger partial charge in [-0.1, -0.05) is 54.6 Å². The summed E-state index contributed by atoms with van der Waals surface area (Å²) in [6.07, 6.45) is 2.58. The van der Waals surface area contributed by atoms with Crippen molar-refractivity contribution < 1.29 is 0 Å². The van der Waals surface area contributed by atoms with E-state index in [9.17, 15) is 5.26 Å². The first-order valence-electron chi connectivity index (χ1n) is 7.13. The first-order valence-corrected chi connectivity index (χ1v) is 7.13. The van der Waals surface area contributed by atoms with Gasteiger partial charge in [-0.05, 0) is 35.4 Å². The second kappa shape index (κ2) is 5.90. The summed E-state index contributed by atoms with van der Waals surface area (Å²) in [5.41, 5.74) is 3.66. The molecule has 1 aliphatic carbocycles. The molecule has 1 aliphatic rings. The highest BCUT2D eigenvalue weighted by atomic mass is 14.9. The molecule has 100 valence electrons. The first kappa shape index (κ1) is 12.9. The molecule has 0 bridgehead atoms. The topological polar surface area (TPSA) is 35.8 Å². The minimum absolute atomic E-state index is 0.242. The third-order valence-corrected chi connectivity index (χ3v) is 3.78. The lowest BCUT2D eigenvalue weighted by Crippen LogP contribution is -2.19. The Morgan fingerprint density at radius 3 is 2.60 bits per heavy atom. The predicted octanol–water partition coefficient (Wildman–Crippen LogP) is 3.92. The molecule has 0 saturated heterocycles. The second-order valence-electron chi connectivity index (χ2n) is 5.37. The van der Waals surface area contributed by atoms with Crippen molar-refractivity contribution in [3.63, 3.8) is 0 Å². The van der Waals surface area contributed by atoms with Crippen molar-refractivity contribution in [2.24, 2.45) is 0 Å². The molecule has 2 aromatic carbocycles. The maximum absolute atomic E-state index is 9.39. The Morgan fingerprint density at radius 2 is 1.90 bits per heavy atom. The Balaban J connectivity index is 1.70. The lowest BCUT2D eigenvalue weighted by atomic mass is 10.0. The van der Waals surface area contributed by atoms with Gasteiger partial charge in [0.2, 0.25) is 0 Å². The Morgan fingerprint density at radius 1 is 1.10 bits per heavy atom. The minimum atomic E-state index is -0.242. The Hall–Kier alpha value is -2.11. The number of nitrogens with zero attached hydrogens (tertiary/aromatic N) is 1. The highest BCUT2D eigenvalue weighted by Crippen LogP contribution is 2.40. The van der Waals surface area contributed by atoms with Gasteiger partial charge in [0.15, 0.2) is 0 Å². The molecule has 1 atom stereocenters. The van der Waals surface area contributed by atoms with Gasteiger partial charge in [0.25, 0.3) is 0 Å². The van der Waals surface area contributed by atoms with E-state index in [-0.39, 0.29) is 6.04 Å². The third-order valence-electron chi connectivity index (χ3n) is 3.78. The highest BCUT2D eigenvalue weighted by Gasteiger charge is 2.24. The maximum Gasteiger partial charge on any atom is 0.121 e. The highest BCUT2D eigenvalue weighted by molar-refractivity contribution is 5.33. The molecule has 2 aromatic rings. The second-order valence-corrected chi connectivity index (χ2v) is 5.37. The molecule has 20 heavy (non-hydrogen) atoms. The summed E-state index contributed by atoms with van der Waals surface area (Å²) in [6, 6.07) is 20.8. The van der Waals surface area contributed by atoms with Crippen LogP contribution in [0.1, 0.15) is 41.5 Å². The Labute approximate surface area is 120 Å². The average molecular weight is 262 g/mol. The van der Waals surface area contributed by atoms with Crippen molar-refractivity contribution in [3.05, 3.63) is 71.3 Å². The summed E-state index contributed by atoms with van der Waals surface area (Å²) in [5, 5.41) is 12.7. The molecule has 0 spiro atoms. The molecule has 1 fully saturated rings. The maximum atomic E-state index is 9.39. The first-order chi connectivity index (χ1) is 9.86. The van der Waals surface area contributed by atoms with E-state index in [2.05, 4.69) is 41.7 Å². The van der Waals surface area contributed by atoms with Gasteiger partial charge in [0.05, 0.1) is 6.07 Å². The molecule has 2 nitrogen and oxygen atoms in total. The lowest BCUT2D eigenvalue weighted by molar-refractivity contribution is 0.630. The summed E-state index contributed by atoms with van der Waals surface area (Å²) in [6.45, 7) is 0.715. The molecule has 0 aliphatic heterocycles. The van der Waals surface area contributed by atoms with E-state index in [0.717, 1.165) is 11.5 Å². The van der Waals surface area contributed by atoms with Crippen molar-refractivity contribution >= 4 is 0 Å². The van der Waals surface area contributed by atoms with Crippen LogP contribution in [0.2, 0.25) is 0 Å². The van der Waals surface area contributed by atoms with Crippen LogP contribution in [0.5, 0.6) is 0 Å². The number of benzene rings is 2. The lowest BCUT2D eigenvalue weighted by Gasteiger charge is -2.13. The van der Waals surface area contributed by atoms with Crippen LogP contribution in [0.25, 0.3) is 0 Å². The summed E-state index contributed by atoms with van der Waals surface area (Å²) in [4.78, 5) is 0. The van der Waals surface area contributed by atoms with E-state index in [1.807, 2.05) is 24.3 Å². The van der Waals surface area contributed by atoms with Crippen LogP contribution >= 0.6 is 0 Å². The summed E-state index contributed by atoms with van der Waals surface area (Å²) >= 11 is 0. The van der Waals surface area contributed by atoms with Gasteiger partial charge in [-0.3, -0.25) is 5.32 Å². The van der Waals surface area contributed by atoms with Gasteiger partial charge in [-0.2, -0.15) is 5.26 Å². The molecule has 1 N–H and O–H groups in total. The van der Waals surface area contributed by atoms with Crippen molar-refractivity contribution in [1.29, 1.82) is 5.26 Å². The number of hydrogen-bond acceptors (Lipinski definition) is 2.